The van der Waals surface area contributed by atoms with E-state index in [1.54, 1.807) is 0 Å². The summed E-state index contributed by atoms with van der Waals surface area (Å²) in [6.45, 7) is 5.94. The summed E-state index contributed by atoms with van der Waals surface area (Å²) in [5.74, 6) is 1.74. The highest BCUT2D eigenvalue weighted by atomic mass is 16.6. The van der Waals surface area contributed by atoms with Gasteiger partial charge in [-0.05, 0) is 66.2 Å². The summed E-state index contributed by atoms with van der Waals surface area (Å²) in [6, 6.07) is 18.3. The number of benzene rings is 2. The summed E-state index contributed by atoms with van der Waals surface area (Å²) in [4.78, 5) is 0. The Morgan fingerprint density at radius 1 is 0.618 bits per heavy atom. The molecule has 34 heavy (non-hydrogen) atoms. The Morgan fingerprint density at radius 3 is 1.76 bits per heavy atom. The molecule has 0 spiro atoms. The van der Waals surface area contributed by atoms with Gasteiger partial charge in [0.1, 0.15) is 6.10 Å². The third-order valence-electron chi connectivity index (χ3n) is 8.16. The van der Waals surface area contributed by atoms with Crippen molar-refractivity contribution < 1.29 is 9.47 Å². The van der Waals surface area contributed by atoms with Crippen LogP contribution in [0, 0.1) is 5.92 Å². The van der Waals surface area contributed by atoms with Gasteiger partial charge in [-0.15, -0.1) is 0 Å². The lowest BCUT2D eigenvalue weighted by Crippen LogP contribution is -2.31. The molecule has 0 aromatic heterocycles. The Balaban J connectivity index is 1.25. The van der Waals surface area contributed by atoms with E-state index in [4.69, 9.17) is 9.47 Å². The van der Waals surface area contributed by atoms with Gasteiger partial charge < -0.3 is 9.47 Å². The van der Waals surface area contributed by atoms with Crippen LogP contribution < -0.4 is 0 Å². The van der Waals surface area contributed by atoms with Crippen LogP contribution in [0.2, 0.25) is 0 Å². The van der Waals surface area contributed by atoms with E-state index in [1.165, 1.54) is 92.9 Å². The fraction of sp³-hybridized carbons (Fsp3) is 0.625. The second kappa shape index (κ2) is 13.4. The summed E-state index contributed by atoms with van der Waals surface area (Å²) >= 11 is 0. The average Bonchev–Trinajstić information content (AvgIpc) is 2.90. The van der Waals surface area contributed by atoms with E-state index < -0.39 is 0 Å². The summed E-state index contributed by atoms with van der Waals surface area (Å²) < 4.78 is 12.2. The van der Waals surface area contributed by atoms with E-state index in [-0.39, 0.29) is 12.2 Å². The maximum atomic E-state index is 6.15. The molecule has 2 heteroatoms. The second-order valence-corrected chi connectivity index (χ2v) is 10.7. The van der Waals surface area contributed by atoms with Gasteiger partial charge in [-0.2, -0.15) is 0 Å². The van der Waals surface area contributed by atoms with Gasteiger partial charge in [0.05, 0.1) is 19.3 Å². The monoisotopic (exact) mass is 462 g/mol. The molecular weight excluding hydrogens is 416 g/mol. The molecule has 0 amide bonds. The van der Waals surface area contributed by atoms with Crippen LogP contribution in [0.25, 0.3) is 11.1 Å². The van der Waals surface area contributed by atoms with Crippen molar-refractivity contribution in [3.8, 4) is 11.1 Å². The quantitative estimate of drug-likeness (QED) is 0.310. The highest BCUT2D eigenvalue weighted by Gasteiger charge is 2.24. The smallest absolute Gasteiger partial charge is 0.106 e. The van der Waals surface area contributed by atoms with E-state index in [1.807, 2.05) is 0 Å². The van der Waals surface area contributed by atoms with Crippen LogP contribution >= 0.6 is 0 Å². The third-order valence-corrected chi connectivity index (χ3v) is 8.16. The van der Waals surface area contributed by atoms with E-state index in [0.29, 0.717) is 6.61 Å². The normalized spacial score (nSPS) is 25.4. The fourth-order valence-electron chi connectivity index (χ4n) is 5.83. The summed E-state index contributed by atoms with van der Waals surface area (Å²) in [5.41, 5.74) is 5.35. The molecule has 0 radical (unpaired) electrons. The Morgan fingerprint density at radius 2 is 1.21 bits per heavy atom. The third kappa shape index (κ3) is 7.18. The maximum Gasteiger partial charge on any atom is 0.106 e. The molecule has 2 nitrogen and oxygen atoms in total. The first-order valence-corrected chi connectivity index (χ1v) is 14.2. The molecule has 2 aromatic carbocycles. The largest absolute Gasteiger partial charge is 0.373 e. The van der Waals surface area contributed by atoms with Crippen LogP contribution in [0.5, 0.6) is 0 Å². The number of hydrogen-bond donors (Lipinski definition) is 0. The standard InChI is InChI=1S/C32H46O2/c1-3-5-7-9-25-11-13-26(14-12-25)27-15-17-28(18-16-27)29-19-21-30(22-20-29)32-24-33-31(23-34-32)10-8-6-4-2/h15-22,25-26,31-32H,3-14,23-24H2,1-2H3/t25?,26?,31-,32-/m0/s1. The van der Waals surface area contributed by atoms with Crippen LogP contribution in [0.15, 0.2) is 48.5 Å². The predicted molar refractivity (Wildman–Crippen MR) is 143 cm³/mol. The summed E-state index contributed by atoms with van der Waals surface area (Å²) in [5, 5.41) is 0. The first-order valence-electron chi connectivity index (χ1n) is 14.2. The van der Waals surface area contributed by atoms with Gasteiger partial charge in [0, 0.05) is 0 Å². The van der Waals surface area contributed by atoms with E-state index >= 15 is 0 Å². The van der Waals surface area contributed by atoms with Crippen molar-refractivity contribution in [1.29, 1.82) is 0 Å². The Kier molecular flexibility index (Phi) is 10.1. The van der Waals surface area contributed by atoms with E-state index in [2.05, 4.69) is 62.4 Å². The van der Waals surface area contributed by atoms with Crippen molar-refractivity contribution in [3.05, 3.63) is 59.7 Å². The van der Waals surface area contributed by atoms with Crippen molar-refractivity contribution in [1.82, 2.24) is 0 Å². The minimum absolute atomic E-state index is 0.0657. The highest BCUT2D eigenvalue weighted by Crippen LogP contribution is 2.38. The molecule has 1 aliphatic carbocycles. The van der Waals surface area contributed by atoms with E-state index in [0.717, 1.165) is 24.9 Å². The van der Waals surface area contributed by atoms with Crippen molar-refractivity contribution in [2.45, 2.75) is 109 Å². The van der Waals surface area contributed by atoms with Crippen LogP contribution in [0.1, 0.15) is 114 Å². The molecule has 0 N–H and O–H groups in total. The van der Waals surface area contributed by atoms with Crippen molar-refractivity contribution in [2.75, 3.05) is 13.2 Å². The summed E-state index contributed by atoms with van der Waals surface area (Å²) in [6.07, 6.45) is 16.4. The molecule has 2 aromatic rings. The number of ether oxygens (including phenoxy) is 2. The van der Waals surface area contributed by atoms with Gasteiger partial charge in [-0.1, -0.05) is 107 Å². The topological polar surface area (TPSA) is 18.5 Å². The van der Waals surface area contributed by atoms with Gasteiger partial charge in [0.2, 0.25) is 0 Å². The number of hydrogen-bond acceptors (Lipinski definition) is 2. The molecule has 0 bridgehead atoms. The van der Waals surface area contributed by atoms with Crippen LogP contribution in [0.4, 0.5) is 0 Å². The molecule has 186 valence electrons. The molecule has 0 unspecified atom stereocenters. The van der Waals surface area contributed by atoms with Crippen LogP contribution in [-0.4, -0.2) is 19.3 Å². The molecule has 1 heterocycles. The summed E-state index contributed by atoms with van der Waals surface area (Å²) in [7, 11) is 0. The second-order valence-electron chi connectivity index (χ2n) is 10.7. The predicted octanol–water partition coefficient (Wildman–Crippen LogP) is 9.24. The van der Waals surface area contributed by atoms with Gasteiger partial charge in [0.25, 0.3) is 0 Å². The fourth-order valence-corrected chi connectivity index (χ4v) is 5.83. The lowest BCUT2D eigenvalue weighted by molar-refractivity contribution is -0.137. The lowest BCUT2D eigenvalue weighted by atomic mass is 9.77. The van der Waals surface area contributed by atoms with Crippen molar-refractivity contribution in [3.63, 3.8) is 0 Å². The molecule has 1 aliphatic heterocycles. The zero-order chi connectivity index (χ0) is 23.6. The Labute approximate surface area is 208 Å². The van der Waals surface area contributed by atoms with Gasteiger partial charge in [-0.3, -0.25) is 0 Å². The first kappa shape index (κ1) is 25.5. The zero-order valence-corrected chi connectivity index (χ0v) is 21.6. The molecule has 2 aliphatic rings. The van der Waals surface area contributed by atoms with Gasteiger partial charge >= 0.3 is 0 Å². The molecule has 4 rings (SSSR count). The Hall–Kier alpha value is -1.64. The number of unbranched alkanes of at least 4 members (excludes halogenated alkanes) is 4. The van der Waals surface area contributed by atoms with Crippen LogP contribution in [-0.2, 0) is 9.47 Å². The average molecular weight is 463 g/mol. The van der Waals surface area contributed by atoms with Gasteiger partial charge in [0.15, 0.2) is 0 Å². The van der Waals surface area contributed by atoms with Crippen molar-refractivity contribution in [2.24, 2.45) is 5.92 Å². The first-order chi connectivity index (χ1) is 16.8. The van der Waals surface area contributed by atoms with Gasteiger partial charge in [-0.25, -0.2) is 0 Å². The maximum absolute atomic E-state index is 6.15. The SMILES string of the molecule is CCCCCC1CCC(c2ccc(-c3ccc([C@@H]4CO[C@@H](CCCCC)CO4)cc3)cc2)CC1. The van der Waals surface area contributed by atoms with Crippen LogP contribution in [0.3, 0.4) is 0 Å². The van der Waals surface area contributed by atoms with Crippen molar-refractivity contribution >= 4 is 0 Å². The molecular formula is C32H46O2. The molecule has 2 fully saturated rings. The molecule has 2 atom stereocenters. The van der Waals surface area contributed by atoms with E-state index in [9.17, 15) is 0 Å². The number of rotatable bonds is 11. The minimum atomic E-state index is 0.0657. The Bertz CT molecular complexity index is 738. The lowest BCUT2D eigenvalue weighted by Gasteiger charge is -2.30. The minimum Gasteiger partial charge on any atom is -0.373 e. The zero-order valence-electron chi connectivity index (χ0n) is 21.6. The highest BCUT2D eigenvalue weighted by molar-refractivity contribution is 5.64. The molecule has 1 saturated heterocycles. The molecule has 1 saturated carbocycles.